The minimum absolute atomic E-state index is 0.258. The SMILES string of the molecule is Cn1ccc(C(=O)NC2(C)CCCCC2C(=O)O)cc1=O. The first-order chi connectivity index (χ1) is 9.83. The molecule has 1 aliphatic rings. The number of carboxylic acid groups (broad SMARTS) is 1. The Morgan fingerprint density at radius 3 is 2.76 bits per heavy atom. The molecule has 0 aromatic carbocycles. The molecule has 0 radical (unpaired) electrons. The summed E-state index contributed by atoms with van der Waals surface area (Å²) in [7, 11) is 1.60. The van der Waals surface area contributed by atoms with Crippen LogP contribution in [0.3, 0.4) is 0 Å². The van der Waals surface area contributed by atoms with E-state index in [9.17, 15) is 19.5 Å². The van der Waals surface area contributed by atoms with Crippen molar-refractivity contribution in [2.75, 3.05) is 0 Å². The molecule has 0 bridgehead atoms. The maximum absolute atomic E-state index is 12.3. The van der Waals surface area contributed by atoms with Crippen molar-refractivity contribution >= 4 is 11.9 Å². The molecule has 6 heteroatoms. The maximum Gasteiger partial charge on any atom is 0.308 e. The lowest BCUT2D eigenvalue weighted by atomic mass is 9.73. The van der Waals surface area contributed by atoms with Crippen LogP contribution in [0.5, 0.6) is 0 Å². The van der Waals surface area contributed by atoms with Crippen LogP contribution in [0.2, 0.25) is 0 Å². The van der Waals surface area contributed by atoms with Crippen molar-refractivity contribution < 1.29 is 14.7 Å². The van der Waals surface area contributed by atoms with E-state index in [1.54, 1.807) is 20.0 Å². The van der Waals surface area contributed by atoms with Gasteiger partial charge in [0.1, 0.15) is 0 Å². The van der Waals surface area contributed by atoms with Crippen LogP contribution in [0.1, 0.15) is 43.0 Å². The molecule has 2 unspecified atom stereocenters. The minimum atomic E-state index is -0.888. The van der Waals surface area contributed by atoms with E-state index in [1.807, 2.05) is 0 Å². The smallest absolute Gasteiger partial charge is 0.308 e. The monoisotopic (exact) mass is 292 g/mol. The summed E-state index contributed by atoms with van der Waals surface area (Å²) in [6.45, 7) is 1.77. The zero-order chi connectivity index (χ0) is 15.6. The second-order valence-corrected chi connectivity index (χ2v) is 5.87. The first-order valence-electron chi connectivity index (χ1n) is 7.05. The van der Waals surface area contributed by atoms with Crippen LogP contribution < -0.4 is 10.9 Å². The van der Waals surface area contributed by atoms with Crippen LogP contribution in [0.4, 0.5) is 0 Å². The summed E-state index contributed by atoms with van der Waals surface area (Å²) in [5, 5.41) is 12.2. The predicted octanol–water partition coefficient (Wildman–Crippen LogP) is 1.15. The number of hydrogen-bond donors (Lipinski definition) is 2. The zero-order valence-electron chi connectivity index (χ0n) is 12.3. The van der Waals surface area contributed by atoms with Crippen molar-refractivity contribution in [1.29, 1.82) is 0 Å². The van der Waals surface area contributed by atoms with E-state index < -0.39 is 23.3 Å². The van der Waals surface area contributed by atoms with Crippen LogP contribution in [-0.2, 0) is 11.8 Å². The number of nitrogens with zero attached hydrogens (tertiary/aromatic N) is 1. The highest BCUT2D eigenvalue weighted by molar-refractivity contribution is 5.95. The molecule has 0 saturated heterocycles. The fourth-order valence-corrected chi connectivity index (χ4v) is 2.90. The highest BCUT2D eigenvalue weighted by Crippen LogP contribution is 2.34. The largest absolute Gasteiger partial charge is 0.481 e. The van der Waals surface area contributed by atoms with Gasteiger partial charge in [0, 0.05) is 24.9 Å². The summed E-state index contributed by atoms with van der Waals surface area (Å²) in [4.78, 5) is 35.3. The van der Waals surface area contributed by atoms with Gasteiger partial charge in [-0.05, 0) is 25.8 Å². The highest BCUT2D eigenvalue weighted by atomic mass is 16.4. The number of aliphatic carboxylic acids is 1. The topological polar surface area (TPSA) is 88.4 Å². The molecule has 1 aliphatic carbocycles. The number of amides is 1. The van der Waals surface area contributed by atoms with E-state index >= 15 is 0 Å². The standard InChI is InChI=1S/C15H20N2O4/c1-15(7-4-3-5-11(15)14(20)21)16-13(19)10-6-8-17(2)12(18)9-10/h6,8-9,11H,3-5,7H2,1-2H3,(H,16,19)(H,20,21). The second-order valence-electron chi connectivity index (χ2n) is 5.87. The van der Waals surface area contributed by atoms with Gasteiger partial charge in [0.15, 0.2) is 0 Å². The third-order valence-corrected chi connectivity index (χ3v) is 4.27. The average Bonchev–Trinajstić information content (AvgIpc) is 2.41. The second kappa shape index (κ2) is 5.71. The summed E-state index contributed by atoms with van der Waals surface area (Å²) < 4.78 is 1.37. The van der Waals surface area contributed by atoms with E-state index in [4.69, 9.17) is 0 Å². The Labute approximate surface area is 122 Å². The molecule has 1 fully saturated rings. The van der Waals surface area contributed by atoms with Gasteiger partial charge in [-0.2, -0.15) is 0 Å². The molecule has 2 N–H and O–H groups in total. The molecular formula is C15H20N2O4. The number of aryl methyl sites for hydroxylation is 1. The number of carbonyl (C=O) groups excluding carboxylic acids is 1. The van der Waals surface area contributed by atoms with Crippen molar-refractivity contribution in [2.24, 2.45) is 13.0 Å². The van der Waals surface area contributed by atoms with Gasteiger partial charge in [0.25, 0.3) is 11.5 Å². The fourth-order valence-electron chi connectivity index (χ4n) is 2.90. The van der Waals surface area contributed by atoms with E-state index in [-0.39, 0.29) is 11.1 Å². The third kappa shape index (κ3) is 3.15. The summed E-state index contributed by atoms with van der Waals surface area (Å²) in [5.41, 5.74) is -0.789. The number of carbonyl (C=O) groups is 2. The van der Waals surface area contributed by atoms with Crippen LogP contribution in [-0.4, -0.2) is 27.1 Å². The summed E-state index contributed by atoms with van der Waals surface area (Å²) in [6, 6.07) is 2.82. The molecule has 114 valence electrons. The molecule has 1 aromatic rings. The van der Waals surface area contributed by atoms with Crippen LogP contribution in [0, 0.1) is 5.92 Å². The van der Waals surface area contributed by atoms with Crippen LogP contribution in [0.15, 0.2) is 23.1 Å². The van der Waals surface area contributed by atoms with Crippen LogP contribution in [0.25, 0.3) is 0 Å². The fraction of sp³-hybridized carbons (Fsp3) is 0.533. The minimum Gasteiger partial charge on any atom is -0.481 e. The lowest BCUT2D eigenvalue weighted by molar-refractivity contribution is -0.145. The number of rotatable bonds is 3. The van der Waals surface area contributed by atoms with Crippen molar-refractivity contribution in [3.63, 3.8) is 0 Å². The van der Waals surface area contributed by atoms with Gasteiger partial charge >= 0.3 is 5.97 Å². The highest BCUT2D eigenvalue weighted by Gasteiger charge is 2.42. The Hall–Kier alpha value is -2.11. The lowest BCUT2D eigenvalue weighted by Crippen LogP contribution is -2.55. The Bertz CT molecular complexity index is 622. The molecule has 2 rings (SSSR count). The van der Waals surface area contributed by atoms with Crippen molar-refractivity contribution in [2.45, 2.75) is 38.1 Å². The lowest BCUT2D eigenvalue weighted by Gasteiger charge is -2.39. The number of hydrogen-bond acceptors (Lipinski definition) is 3. The van der Waals surface area contributed by atoms with Gasteiger partial charge < -0.3 is 15.0 Å². The molecule has 21 heavy (non-hydrogen) atoms. The molecule has 2 atom stereocenters. The molecule has 0 spiro atoms. The Balaban J connectivity index is 2.22. The Morgan fingerprint density at radius 1 is 1.43 bits per heavy atom. The number of pyridine rings is 1. The number of aromatic nitrogens is 1. The van der Waals surface area contributed by atoms with Crippen molar-refractivity contribution in [1.82, 2.24) is 9.88 Å². The number of carboxylic acids is 1. The van der Waals surface area contributed by atoms with E-state index in [0.717, 1.165) is 12.8 Å². The number of nitrogens with one attached hydrogen (secondary N) is 1. The zero-order valence-corrected chi connectivity index (χ0v) is 12.3. The molecule has 6 nitrogen and oxygen atoms in total. The van der Waals surface area contributed by atoms with Crippen molar-refractivity contribution in [3.05, 3.63) is 34.2 Å². The average molecular weight is 292 g/mol. The molecular weight excluding hydrogens is 272 g/mol. The third-order valence-electron chi connectivity index (χ3n) is 4.27. The Morgan fingerprint density at radius 2 is 2.14 bits per heavy atom. The van der Waals surface area contributed by atoms with Crippen molar-refractivity contribution in [3.8, 4) is 0 Å². The molecule has 1 heterocycles. The van der Waals surface area contributed by atoms with Gasteiger partial charge in [-0.25, -0.2) is 0 Å². The van der Waals surface area contributed by atoms with Gasteiger partial charge in [0.05, 0.1) is 11.5 Å². The van der Waals surface area contributed by atoms with Gasteiger partial charge in [-0.1, -0.05) is 12.8 Å². The van der Waals surface area contributed by atoms with Gasteiger partial charge in [-0.3, -0.25) is 14.4 Å². The van der Waals surface area contributed by atoms with Gasteiger partial charge in [0.2, 0.25) is 0 Å². The molecule has 1 saturated carbocycles. The maximum atomic E-state index is 12.3. The quantitative estimate of drug-likeness (QED) is 0.874. The van der Waals surface area contributed by atoms with E-state index in [1.165, 1.54) is 16.8 Å². The van der Waals surface area contributed by atoms with Gasteiger partial charge in [-0.15, -0.1) is 0 Å². The molecule has 1 amide bonds. The van der Waals surface area contributed by atoms with E-state index in [0.29, 0.717) is 12.8 Å². The first kappa shape index (κ1) is 15.3. The van der Waals surface area contributed by atoms with Crippen LogP contribution >= 0.6 is 0 Å². The summed E-state index contributed by atoms with van der Waals surface area (Å²) in [6.07, 6.45) is 4.45. The Kier molecular flexibility index (Phi) is 4.16. The summed E-state index contributed by atoms with van der Waals surface area (Å²) >= 11 is 0. The normalized spacial score (nSPS) is 25.3. The predicted molar refractivity (Wildman–Crippen MR) is 77.1 cm³/mol. The summed E-state index contributed by atoms with van der Waals surface area (Å²) in [5.74, 6) is -1.88. The first-order valence-corrected chi connectivity index (χ1v) is 7.05. The van der Waals surface area contributed by atoms with E-state index in [2.05, 4.69) is 5.32 Å². The molecule has 0 aliphatic heterocycles. The molecule has 1 aromatic heterocycles.